The highest BCUT2D eigenvalue weighted by Crippen LogP contribution is 2.35. The van der Waals surface area contributed by atoms with Crippen LogP contribution in [0.2, 0.25) is 0 Å². The van der Waals surface area contributed by atoms with Gasteiger partial charge in [0.2, 0.25) is 0 Å². The quantitative estimate of drug-likeness (QED) is 0.270. The fraction of sp³-hybridized carbons (Fsp3) is 0.241. The Kier molecular flexibility index (Phi) is 6.08. The molecule has 0 saturated heterocycles. The number of hydrogen-bond donors (Lipinski definition) is 4. The van der Waals surface area contributed by atoms with E-state index in [9.17, 15) is 4.39 Å². The fourth-order valence-corrected chi connectivity index (χ4v) is 5.19. The average Bonchev–Trinajstić information content (AvgIpc) is 3.52. The summed E-state index contributed by atoms with van der Waals surface area (Å²) in [5.74, 6) is -0.305. The number of aromatic nitrogens is 4. The van der Waals surface area contributed by atoms with Gasteiger partial charge in [0.25, 0.3) is 0 Å². The molecule has 4 heterocycles. The molecule has 3 aromatic heterocycles. The topological polar surface area (TPSA) is 98.7 Å². The van der Waals surface area contributed by atoms with Crippen molar-refractivity contribution in [1.82, 2.24) is 30.4 Å². The van der Waals surface area contributed by atoms with Crippen LogP contribution >= 0.6 is 0 Å². The number of likely N-dealkylation sites (N-methyl/N-ethyl adjacent to an activating group) is 1. The number of fused-ring (bicyclic) bond motifs is 2. The molecule has 37 heavy (non-hydrogen) atoms. The third-order valence-corrected chi connectivity index (χ3v) is 7.01. The summed E-state index contributed by atoms with van der Waals surface area (Å²) in [7, 11) is 3.91. The number of halogens is 1. The van der Waals surface area contributed by atoms with Crippen LogP contribution in [0.4, 0.5) is 4.39 Å². The van der Waals surface area contributed by atoms with Gasteiger partial charge >= 0.3 is 0 Å². The second-order valence-electron chi connectivity index (χ2n) is 9.96. The number of pyridine rings is 1. The van der Waals surface area contributed by atoms with Crippen LogP contribution in [0.1, 0.15) is 23.6 Å². The van der Waals surface area contributed by atoms with E-state index >= 15 is 0 Å². The van der Waals surface area contributed by atoms with Crippen molar-refractivity contribution in [1.29, 1.82) is 0 Å². The molecule has 188 valence electrons. The molecule has 0 amide bonds. The van der Waals surface area contributed by atoms with Crippen molar-refractivity contribution in [2.24, 2.45) is 5.73 Å². The molecule has 1 unspecified atom stereocenters. The maximum Gasteiger partial charge on any atom is 0.138 e. The molecule has 2 aromatic carbocycles. The highest BCUT2D eigenvalue weighted by molar-refractivity contribution is 6.00. The van der Waals surface area contributed by atoms with Gasteiger partial charge in [0, 0.05) is 36.1 Å². The lowest BCUT2D eigenvalue weighted by Crippen LogP contribution is -2.26. The SMILES string of the molecule is CN(C)CC(N)c1cc(F)cc(-c2ccnc3[nH]c(-c4n[nH]c5ccc(C6=CCNCC6)cc45)cc23)c1. The number of nitrogens with one attached hydrogen (secondary N) is 3. The molecule has 5 N–H and O–H groups in total. The Bertz CT molecular complexity index is 1630. The molecular formula is C29H30FN7. The molecule has 1 aliphatic rings. The molecule has 1 atom stereocenters. The lowest BCUT2D eigenvalue weighted by molar-refractivity contribution is 0.376. The number of hydrogen-bond acceptors (Lipinski definition) is 5. The average molecular weight is 496 g/mol. The molecule has 6 rings (SSSR count). The van der Waals surface area contributed by atoms with Crippen molar-refractivity contribution < 1.29 is 4.39 Å². The molecule has 0 spiro atoms. The molecule has 0 saturated carbocycles. The first kappa shape index (κ1) is 23.5. The molecule has 0 radical (unpaired) electrons. The highest BCUT2D eigenvalue weighted by atomic mass is 19.1. The Morgan fingerprint density at radius 3 is 2.76 bits per heavy atom. The molecular weight excluding hydrogens is 465 g/mol. The Hall–Kier alpha value is -3.85. The van der Waals surface area contributed by atoms with Crippen LogP contribution in [-0.4, -0.2) is 58.8 Å². The zero-order chi connectivity index (χ0) is 25.5. The molecule has 7 nitrogen and oxygen atoms in total. The van der Waals surface area contributed by atoms with Crippen LogP contribution in [0.25, 0.3) is 50.0 Å². The summed E-state index contributed by atoms with van der Waals surface area (Å²) >= 11 is 0. The van der Waals surface area contributed by atoms with E-state index in [1.54, 1.807) is 12.3 Å². The van der Waals surface area contributed by atoms with Crippen LogP contribution in [0.3, 0.4) is 0 Å². The van der Waals surface area contributed by atoms with Crippen LogP contribution in [0, 0.1) is 5.82 Å². The van der Waals surface area contributed by atoms with Crippen molar-refractivity contribution in [3.63, 3.8) is 0 Å². The zero-order valence-corrected chi connectivity index (χ0v) is 21.0. The van der Waals surface area contributed by atoms with E-state index in [0.717, 1.165) is 69.5 Å². The van der Waals surface area contributed by atoms with Crippen LogP contribution in [0.15, 0.2) is 60.8 Å². The summed E-state index contributed by atoms with van der Waals surface area (Å²) < 4.78 is 14.7. The maximum absolute atomic E-state index is 14.7. The Balaban J connectivity index is 1.43. The van der Waals surface area contributed by atoms with Gasteiger partial charge in [-0.2, -0.15) is 5.10 Å². The number of nitrogens with two attached hydrogens (primary N) is 1. The van der Waals surface area contributed by atoms with Crippen molar-refractivity contribution in [2.75, 3.05) is 33.7 Å². The minimum Gasteiger partial charge on any atom is -0.338 e. The highest BCUT2D eigenvalue weighted by Gasteiger charge is 2.17. The smallest absolute Gasteiger partial charge is 0.138 e. The van der Waals surface area contributed by atoms with Gasteiger partial charge in [-0.05, 0) is 97.4 Å². The predicted octanol–water partition coefficient (Wildman–Crippen LogP) is 4.85. The number of aromatic amines is 2. The van der Waals surface area contributed by atoms with E-state index in [-0.39, 0.29) is 11.9 Å². The van der Waals surface area contributed by atoms with Gasteiger partial charge in [-0.1, -0.05) is 12.1 Å². The van der Waals surface area contributed by atoms with Crippen molar-refractivity contribution in [3.8, 4) is 22.5 Å². The van der Waals surface area contributed by atoms with E-state index in [0.29, 0.717) is 6.54 Å². The lowest BCUT2D eigenvalue weighted by Gasteiger charge is -2.18. The van der Waals surface area contributed by atoms with E-state index in [1.165, 1.54) is 17.2 Å². The largest absolute Gasteiger partial charge is 0.338 e. The minimum absolute atomic E-state index is 0.289. The summed E-state index contributed by atoms with van der Waals surface area (Å²) in [6.07, 6.45) is 5.00. The van der Waals surface area contributed by atoms with Gasteiger partial charge in [0.15, 0.2) is 0 Å². The maximum atomic E-state index is 14.7. The van der Waals surface area contributed by atoms with Crippen LogP contribution < -0.4 is 11.1 Å². The number of rotatable bonds is 6. The van der Waals surface area contributed by atoms with Crippen LogP contribution in [0.5, 0.6) is 0 Å². The zero-order valence-electron chi connectivity index (χ0n) is 21.0. The summed E-state index contributed by atoms with van der Waals surface area (Å²) in [4.78, 5) is 9.99. The summed E-state index contributed by atoms with van der Waals surface area (Å²) in [5, 5.41) is 13.1. The van der Waals surface area contributed by atoms with Gasteiger partial charge in [-0.3, -0.25) is 5.10 Å². The predicted molar refractivity (Wildman–Crippen MR) is 148 cm³/mol. The Labute approximate surface area is 214 Å². The van der Waals surface area contributed by atoms with Gasteiger partial charge in [0.1, 0.15) is 17.2 Å². The molecule has 0 aliphatic carbocycles. The molecule has 0 fully saturated rings. The third kappa shape index (κ3) is 4.55. The third-order valence-electron chi connectivity index (χ3n) is 7.01. The first-order valence-electron chi connectivity index (χ1n) is 12.5. The summed E-state index contributed by atoms with van der Waals surface area (Å²) in [6.45, 7) is 2.51. The molecule has 5 aromatic rings. The standard InChI is InChI=1S/C29H30FN7/c1-37(2)16-25(31)20-11-19(12-21(30)13-20)22-7-10-33-29-23(22)15-27(34-29)28-24-14-18(3-4-26(24)35-36-28)17-5-8-32-9-6-17/h3-5,7,10-15,25,32H,6,8-9,16,31H2,1-2H3,(H,33,34)(H,35,36). The monoisotopic (exact) mass is 495 g/mol. The van der Waals surface area contributed by atoms with E-state index in [4.69, 9.17) is 5.73 Å². The van der Waals surface area contributed by atoms with E-state index in [1.807, 2.05) is 37.2 Å². The molecule has 8 heteroatoms. The summed E-state index contributed by atoms with van der Waals surface area (Å²) in [6, 6.07) is 15.2. The van der Waals surface area contributed by atoms with Crippen molar-refractivity contribution >= 4 is 27.5 Å². The first-order chi connectivity index (χ1) is 18.0. The van der Waals surface area contributed by atoms with Crippen molar-refractivity contribution in [3.05, 3.63) is 77.7 Å². The van der Waals surface area contributed by atoms with Gasteiger partial charge < -0.3 is 20.9 Å². The second kappa shape index (κ2) is 9.55. The molecule has 0 bridgehead atoms. The van der Waals surface area contributed by atoms with Crippen LogP contribution in [-0.2, 0) is 0 Å². The van der Waals surface area contributed by atoms with Crippen molar-refractivity contribution in [2.45, 2.75) is 12.5 Å². The number of benzene rings is 2. The summed E-state index contributed by atoms with van der Waals surface area (Å²) in [5.41, 5.74) is 14.8. The fourth-order valence-electron chi connectivity index (χ4n) is 5.19. The van der Waals surface area contributed by atoms with Gasteiger partial charge in [0.05, 0.1) is 11.2 Å². The van der Waals surface area contributed by atoms with Gasteiger partial charge in [-0.15, -0.1) is 0 Å². The second-order valence-corrected chi connectivity index (χ2v) is 9.96. The Morgan fingerprint density at radius 1 is 1.05 bits per heavy atom. The Morgan fingerprint density at radius 2 is 1.95 bits per heavy atom. The number of H-pyrrole nitrogens is 2. The van der Waals surface area contributed by atoms with E-state index < -0.39 is 0 Å². The van der Waals surface area contributed by atoms with E-state index in [2.05, 4.69) is 49.8 Å². The first-order valence-corrected chi connectivity index (χ1v) is 12.5. The minimum atomic E-state index is -0.305. The lowest BCUT2D eigenvalue weighted by atomic mass is 9.97. The number of nitrogens with zero attached hydrogens (tertiary/aromatic N) is 3. The van der Waals surface area contributed by atoms with Gasteiger partial charge in [-0.25, -0.2) is 9.37 Å². The molecule has 1 aliphatic heterocycles. The normalized spacial score (nSPS) is 15.0.